The number of ether oxygens (including phenoxy) is 1. The zero-order chi connectivity index (χ0) is 18.5. The van der Waals surface area contributed by atoms with Gasteiger partial charge in [0, 0.05) is 24.8 Å². The molecule has 0 atom stereocenters. The Bertz CT molecular complexity index is 875. The van der Waals surface area contributed by atoms with Crippen molar-refractivity contribution in [3.63, 3.8) is 0 Å². The SMILES string of the molecule is Cc1nc(Nc2ccc(OCc3ccccc3)cc2)cc(N2CCCC2)n1. The van der Waals surface area contributed by atoms with Crippen LogP contribution in [0.5, 0.6) is 5.75 Å². The second-order valence-electron chi connectivity index (χ2n) is 6.78. The van der Waals surface area contributed by atoms with Gasteiger partial charge in [-0.05, 0) is 49.6 Å². The van der Waals surface area contributed by atoms with Gasteiger partial charge < -0.3 is 15.0 Å². The number of aromatic nitrogens is 2. The zero-order valence-corrected chi connectivity index (χ0v) is 15.6. The van der Waals surface area contributed by atoms with Crippen LogP contribution in [0.25, 0.3) is 0 Å². The van der Waals surface area contributed by atoms with Gasteiger partial charge in [-0.3, -0.25) is 0 Å². The lowest BCUT2D eigenvalue weighted by molar-refractivity contribution is 0.306. The fraction of sp³-hybridized carbons (Fsp3) is 0.273. The second kappa shape index (κ2) is 8.08. The van der Waals surface area contributed by atoms with E-state index in [0.29, 0.717) is 6.61 Å². The van der Waals surface area contributed by atoms with Crippen molar-refractivity contribution < 1.29 is 4.74 Å². The Morgan fingerprint density at radius 1 is 0.963 bits per heavy atom. The normalized spacial score (nSPS) is 13.6. The van der Waals surface area contributed by atoms with Crippen molar-refractivity contribution in [1.82, 2.24) is 9.97 Å². The highest BCUT2D eigenvalue weighted by Crippen LogP contribution is 2.24. The van der Waals surface area contributed by atoms with Crippen LogP contribution in [0.4, 0.5) is 17.3 Å². The Balaban J connectivity index is 1.41. The number of benzene rings is 2. The summed E-state index contributed by atoms with van der Waals surface area (Å²) in [5, 5.41) is 3.38. The van der Waals surface area contributed by atoms with Crippen molar-refractivity contribution in [3.8, 4) is 5.75 Å². The first-order valence-electron chi connectivity index (χ1n) is 9.41. The minimum absolute atomic E-state index is 0.567. The molecule has 0 saturated carbocycles. The average Bonchev–Trinajstić information content (AvgIpc) is 3.23. The fourth-order valence-corrected chi connectivity index (χ4v) is 3.25. The van der Waals surface area contributed by atoms with Gasteiger partial charge in [0.2, 0.25) is 0 Å². The summed E-state index contributed by atoms with van der Waals surface area (Å²) in [6, 6.07) is 20.2. The molecule has 5 nitrogen and oxygen atoms in total. The molecule has 4 rings (SSSR count). The van der Waals surface area contributed by atoms with Gasteiger partial charge in [-0.2, -0.15) is 0 Å². The highest BCUT2D eigenvalue weighted by molar-refractivity contribution is 5.60. The molecule has 0 unspecified atom stereocenters. The highest BCUT2D eigenvalue weighted by atomic mass is 16.5. The molecule has 3 aromatic rings. The van der Waals surface area contributed by atoms with Gasteiger partial charge in [-0.1, -0.05) is 30.3 Å². The fourth-order valence-electron chi connectivity index (χ4n) is 3.25. The molecule has 27 heavy (non-hydrogen) atoms. The van der Waals surface area contributed by atoms with Crippen LogP contribution in [0.2, 0.25) is 0 Å². The van der Waals surface area contributed by atoms with Gasteiger partial charge in [-0.15, -0.1) is 0 Å². The van der Waals surface area contributed by atoms with Crippen LogP contribution < -0.4 is 15.0 Å². The van der Waals surface area contributed by atoms with Crippen molar-refractivity contribution in [2.45, 2.75) is 26.4 Å². The third-order valence-electron chi connectivity index (χ3n) is 4.63. The first-order valence-corrected chi connectivity index (χ1v) is 9.41. The first kappa shape index (κ1) is 17.3. The molecule has 0 spiro atoms. The lowest BCUT2D eigenvalue weighted by atomic mass is 10.2. The molecule has 0 bridgehead atoms. The number of aryl methyl sites for hydroxylation is 1. The van der Waals surface area contributed by atoms with E-state index in [1.165, 1.54) is 12.8 Å². The van der Waals surface area contributed by atoms with Crippen molar-refractivity contribution in [2.75, 3.05) is 23.3 Å². The maximum absolute atomic E-state index is 5.84. The molecule has 0 amide bonds. The number of anilines is 3. The van der Waals surface area contributed by atoms with Crippen molar-refractivity contribution in [3.05, 3.63) is 72.1 Å². The van der Waals surface area contributed by atoms with Gasteiger partial charge in [-0.25, -0.2) is 9.97 Å². The molecule has 1 aliphatic heterocycles. The summed E-state index contributed by atoms with van der Waals surface area (Å²) in [7, 11) is 0. The molecule has 0 radical (unpaired) electrons. The topological polar surface area (TPSA) is 50.3 Å². The van der Waals surface area contributed by atoms with Gasteiger partial charge in [0.25, 0.3) is 0 Å². The molecule has 138 valence electrons. The van der Waals surface area contributed by atoms with E-state index in [1.54, 1.807) is 0 Å². The van der Waals surface area contributed by atoms with Gasteiger partial charge in [0.1, 0.15) is 29.8 Å². The summed E-state index contributed by atoms with van der Waals surface area (Å²) in [6.45, 7) is 4.65. The highest BCUT2D eigenvalue weighted by Gasteiger charge is 2.15. The predicted octanol–water partition coefficient (Wildman–Crippen LogP) is 4.71. The second-order valence-corrected chi connectivity index (χ2v) is 6.78. The van der Waals surface area contributed by atoms with E-state index >= 15 is 0 Å². The Morgan fingerprint density at radius 3 is 2.44 bits per heavy atom. The summed E-state index contributed by atoms with van der Waals surface area (Å²) in [5.41, 5.74) is 2.14. The number of hydrogen-bond donors (Lipinski definition) is 1. The lowest BCUT2D eigenvalue weighted by Crippen LogP contribution is -2.19. The molecule has 0 aliphatic carbocycles. The Morgan fingerprint density at radius 2 is 1.70 bits per heavy atom. The van der Waals surface area contributed by atoms with Crippen LogP contribution in [-0.2, 0) is 6.61 Å². The largest absolute Gasteiger partial charge is 0.489 e. The molecular formula is C22H24N4O. The lowest BCUT2D eigenvalue weighted by Gasteiger charge is -2.18. The number of nitrogens with one attached hydrogen (secondary N) is 1. The summed E-state index contributed by atoms with van der Waals surface area (Å²) in [5.74, 6) is 3.46. The standard InChI is InChI=1S/C22H24N4O/c1-17-23-21(15-22(24-17)26-13-5-6-14-26)25-19-9-11-20(12-10-19)27-16-18-7-3-2-4-8-18/h2-4,7-12,15H,5-6,13-14,16H2,1H3,(H,23,24,25). The Hall–Kier alpha value is -3.08. The third-order valence-corrected chi connectivity index (χ3v) is 4.63. The summed E-state index contributed by atoms with van der Waals surface area (Å²) in [4.78, 5) is 11.4. The molecular weight excluding hydrogens is 336 g/mol. The van der Waals surface area contributed by atoms with E-state index in [1.807, 2.05) is 55.5 Å². The van der Waals surface area contributed by atoms with Gasteiger partial charge in [0.05, 0.1) is 0 Å². The minimum atomic E-state index is 0.567. The number of rotatable bonds is 6. The zero-order valence-electron chi connectivity index (χ0n) is 15.6. The van der Waals surface area contributed by atoms with Gasteiger partial charge in [0.15, 0.2) is 0 Å². The van der Waals surface area contributed by atoms with Gasteiger partial charge >= 0.3 is 0 Å². The van der Waals surface area contributed by atoms with E-state index in [2.05, 4.69) is 32.3 Å². The Labute approximate surface area is 160 Å². The van der Waals surface area contributed by atoms with E-state index in [0.717, 1.165) is 47.5 Å². The Kier molecular flexibility index (Phi) is 5.19. The summed E-state index contributed by atoms with van der Waals surface area (Å²) >= 11 is 0. The maximum atomic E-state index is 5.84. The smallest absolute Gasteiger partial charge is 0.136 e. The van der Waals surface area contributed by atoms with Crippen molar-refractivity contribution in [1.29, 1.82) is 0 Å². The average molecular weight is 360 g/mol. The van der Waals surface area contributed by atoms with E-state index < -0.39 is 0 Å². The summed E-state index contributed by atoms with van der Waals surface area (Å²) in [6.07, 6.45) is 2.46. The van der Waals surface area contributed by atoms with E-state index in [-0.39, 0.29) is 0 Å². The minimum Gasteiger partial charge on any atom is -0.489 e. The van der Waals surface area contributed by atoms with E-state index in [9.17, 15) is 0 Å². The van der Waals surface area contributed by atoms with E-state index in [4.69, 9.17) is 4.74 Å². The van der Waals surface area contributed by atoms with Crippen molar-refractivity contribution in [2.24, 2.45) is 0 Å². The van der Waals surface area contributed by atoms with Crippen LogP contribution in [0.1, 0.15) is 24.2 Å². The molecule has 1 N–H and O–H groups in total. The number of hydrogen-bond acceptors (Lipinski definition) is 5. The molecule has 1 aliphatic rings. The maximum Gasteiger partial charge on any atom is 0.136 e. The number of nitrogens with zero attached hydrogens (tertiary/aromatic N) is 3. The molecule has 1 saturated heterocycles. The van der Waals surface area contributed by atoms with Crippen LogP contribution in [0.15, 0.2) is 60.7 Å². The third kappa shape index (κ3) is 4.56. The van der Waals surface area contributed by atoms with Crippen LogP contribution in [0.3, 0.4) is 0 Å². The molecule has 1 aromatic heterocycles. The quantitative estimate of drug-likeness (QED) is 0.690. The molecule has 1 fully saturated rings. The van der Waals surface area contributed by atoms with Crippen LogP contribution in [-0.4, -0.2) is 23.1 Å². The monoisotopic (exact) mass is 360 g/mol. The van der Waals surface area contributed by atoms with Crippen LogP contribution >= 0.6 is 0 Å². The molecule has 5 heteroatoms. The molecule has 2 heterocycles. The first-order chi connectivity index (χ1) is 13.3. The van der Waals surface area contributed by atoms with Crippen molar-refractivity contribution >= 4 is 17.3 Å². The molecule has 2 aromatic carbocycles. The predicted molar refractivity (Wildman–Crippen MR) is 109 cm³/mol. The van der Waals surface area contributed by atoms with Crippen LogP contribution in [0, 0.1) is 6.92 Å². The summed E-state index contributed by atoms with van der Waals surface area (Å²) < 4.78 is 5.84.